The molecule has 2 saturated heterocycles. The molecule has 0 saturated carbocycles. The molecule has 2 aromatic carbocycles. The Hall–Kier alpha value is -3.47. The van der Waals surface area contributed by atoms with E-state index in [9.17, 15) is 40.5 Å². The monoisotopic (exact) mass is 622 g/mol. The first-order valence-corrected chi connectivity index (χ1v) is 13.9. The van der Waals surface area contributed by atoms with Crippen molar-refractivity contribution in [3.05, 3.63) is 47.5 Å². The molecule has 2 aliphatic heterocycles. The van der Waals surface area contributed by atoms with Gasteiger partial charge in [-0.15, -0.1) is 0 Å². The normalized spacial score (nSPS) is 32.4. The van der Waals surface area contributed by atoms with Crippen LogP contribution in [0.25, 0.3) is 6.08 Å². The number of benzene rings is 2. The van der Waals surface area contributed by atoms with Gasteiger partial charge < -0.3 is 64.2 Å². The standard InChI is InChI=1S/C30H38O14/c1-13-24(34)14(2)42-29(25(13)35)41-12-22-26(36)27(37)28(38)30(44-22)43-16-10-19(33)23(21(11-16)40-4)17(31)7-5-15-6-8-20(39-3)18(32)9-15/h5-11,13-14,22,24-30,32-38H,12H2,1-4H3/b7-5+/t13-,14+,22-,24-,25-,26-,27+,28-,29-,30-/m1/s1. The summed E-state index contributed by atoms with van der Waals surface area (Å²) in [5.41, 5.74) is 0.296. The van der Waals surface area contributed by atoms with Crippen molar-refractivity contribution in [2.45, 2.75) is 69.2 Å². The summed E-state index contributed by atoms with van der Waals surface area (Å²) in [6, 6.07) is 6.88. The molecule has 2 aliphatic rings. The summed E-state index contributed by atoms with van der Waals surface area (Å²) in [5.74, 6) is -1.75. The van der Waals surface area contributed by atoms with E-state index in [4.69, 9.17) is 28.4 Å². The summed E-state index contributed by atoms with van der Waals surface area (Å²) >= 11 is 0. The summed E-state index contributed by atoms with van der Waals surface area (Å²) in [4.78, 5) is 12.9. The third-order valence-corrected chi connectivity index (χ3v) is 7.68. The van der Waals surface area contributed by atoms with Gasteiger partial charge in [-0.3, -0.25) is 4.79 Å². The van der Waals surface area contributed by atoms with Crippen molar-refractivity contribution in [2.24, 2.45) is 5.92 Å². The van der Waals surface area contributed by atoms with Crippen molar-refractivity contribution in [1.29, 1.82) is 0 Å². The van der Waals surface area contributed by atoms with Crippen molar-refractivity contribution in [1.82, 2.24) is 0 Å². The quantitative estimate of drug-likeness (QED) is 0.140. The second kappa shape index (κ2) is 14.1. The summed E-state index contributed by atoms with van der Waals surface area (Å²) in [5, 5.41) is 72.7. The smallest absolute Gasteiger partial charge is 0.229 e. The van der Waals surface area contributed by atoms with E-state index >= 15 is 0 Å². The highest BCUT2D eigenvalue weighted by atomic mass is 16.7. The zero-order valence-corrected chi connectivity index (χ0v) is 24.5. The van der Waals surface area contributed by atoms with Gasteiger partial charge in [0.1, 0.15) is 53.3 Å². The molecule has 0 bridgehead atoms. The number of ether oxygens (including phenoxy) is 6. The van der Waals surface area contributed by atoms with Crippen LogP contribution in [0, 0.1) is 5.92 Å². The number of phenols is 2. The van der Waals surface area contributed by atoms with E-state index in [0.29, 0.717) is 5.56 Å². The number of aliphatic hydroxyl groups excluding tert-OH is 5. The number of allylic oxidation sites excluding steroid dienone is 1. The third kappa shape index (κ3) is 7.08. The minimum absolute atomic E-state index is 0.0770. The molecular formula is C30H38O14. The maximum Gasteiger partial charge on any atom is 0.229 e. The molecule has 14 heteroatoms. The summed E-state index contributed by atoms with van der Waals surface area (Å²) in [6.45, 7) is 2.86. The average molecular weight is 623 g/mol. The molecule has 0 radical (unpaired) electrons. The van der Waals surface area contributed by atoms with Crippen LogP contribution < -0.4 is 14.2 Å². The highest BCUT2D eigenvalue weighted by Gasteiger charge is 2.47. The van der Waals surface area contributed by atoms with Gasteiger partial charge in [0, 0.05) is 18.1 Å². The van der Waals surface area contributed by atoms with E-state index in [2.05, 4.69) is 0 Å². The van der Waals surface area contributed by atoms with Crippen LogP contribution in [0.5, 0.6) is 28.7 Å². The van der Waals surface area contributed by atoms with E-state index in [-0.39, 0.29) is 35.2 Å². The number of carbonyl (C=O) groups is 1. The van der Waals surface area contributed by atoms with Crippen LogP contribution >= 0.6 is 0 Å². The molecule has 0 aromatic heterocycles. The van der Waals surface area contributed by atoms with E-state index < -0.39 is 72.8 Å². The number of rotatable bonds is 10. The molecule has 7 N–H and O–H groups in total. The Labute approximate surface area is 253 Å². The zero-order valence-electron chi connectivity index (χ0n) is 24.5. The third-order valence-electron chi connectivity index (χ3n) is 7.68. The lowest BCUT2D eigenvalue weighted by Crippen LogP contribution is -2.61. The summed E-state index contributed by atoms with van der Waals surface area (Å²) in [6.07, 6.45) is -9.15. The van der Waals surface area contributed by atoms with Gasteiger partial charge in [-0.25, -0.2) is 0 Å². The number of ketones is 1. The fourth-order valence-electron chi connectivity index (χ4n) is 4.98. The van der Waals surface area contributed by atoms with Crippen LogP contribution in [0.15, 0.2) is 36.4 Å². The van der Waals surface area contributed by atoms with Gasteiger partial charge in [-0.2, -0.15) is 0 Å². The van der Waals surface area contributed by atoms with E-state index in [1.165, 1.54) is 44.6 Å². The lowest BCUT2D eigenvalue weighted by molar-refractivity contribution is -0.312. The first-order chi connectivity index (χ1) is 20.9. The van der Waals surface area contributed by atoms with Crippen LogP contribution in [0.4, 0.5) is 0 Å². The second-order valence-electron chi connectivity index (χ2n) is 10.7. The predicted octanol–water partition coefficient (Wildman–Crippen LogP) is 0.317. The van der Waals surface area contributed by atoms with Crippen molar-refractivity contribution < 1.29 is 69.0 Å². The largest absolute Gasteiger partial charge is 0.507 e. The molecule has 0 spiro atoms. The SMILES string of the molecule is COc1ccc(/C=C/C(=O)c2c(O)cc(O[C@@H]3O[C@H](CO[C@@H]4O[C@@H](C)[C@H](O)[C@@H](C)[C@H]4O)[C@@H](O)[C@H](O)[C@H]3O)cc2OC)cc1O. The molecule has 44 heavy (non-hydrogen) atoms. The van der Waals surface area contributed by atoms with Crippen LogP contribution in [0.1, 0.15) is 29.8 Å². The Morgan fingerprint density at radius 3 is 2.18 bits per heavy atom. The molecule has 14 nitrogen and oxygen atoms in total. The van der Waals surface area contributed by atoms with Crippen molar-refractivity contribution in [3.8, 4) is 28.7 Å². The number of carbonyl (C=O) groups excluding carboxylic acids is 1. The summed E-state index contributed by atoms with van der Waals surface area (Å²) < 4.78 is 32.7. The Bertz CT molecular complexity index is 1330. The molecule has 0 unspecified atom stereocenters. The van der Waals surface area contributed by atoms with Crippen LogP contribution in [-0.2, 0) is 14.2 Å². The van der Waals surface area contributed by atoms with Crippen molar-refractivity contribution in [2.75, 3.05) is 20.8 Å². The fourth-order valence-corrected chi connectivity index (χ4v) is 4.98. The molecule has 2 fully saturated rings. The maximum absolute atomic E-state index is 12.9. The summed E-state index contributed by atoms with van der Waals surface area (Å²) in [7, 11) is 2.67. The maximum atomic E-state index is 12.9. The molecule has 10 atom stereocenters. The van der Waals surface area contributed by atoms with E-state index in [1.807, 2.05) is 0 Å². The van der Waals surface area contributed by atoms with E-state index in [0.717, 1.165) is 6.07 Å². The minimum atomic E-state index is -1.73. The topological polar surface area (TPSA) is 214 Å². The van der Waals surface area contributed by atoms with Gasteiger partial charge in [0.05, 0.1) is 33.0 Å². The molecule has 4 rings (SSSR count). The Morgan fingerprint density at radius 2 is 1.52 bits per heavy atom. The second-order valence-corrected chi connectivity index (χ2v) is 10.7. The Balaban J connectivity index is 1.46. The molecule has 2 aromatic rings. The molecule has 242 valence electrons. The van der Waals surface area contributed by atoms with Crippen LogP contribution in [-0.4, -0.2) is 118 Å². The number of phenolic OH excluding ortho intramolecular Hbond substituents is 2. The number of aliphatic hydroxyl groups is 5. The van der Waals surface area contributed by atoms with Gasteiger partial charge in [0.15, 0.2) is 23.6 Å². The lowest BCUT2D eigenvalue weighted by Gasteiger charge is -2.42. The van der Waals surface area contributed by atoms with Crippen LogP contribution in [0.2, 0.25) is 0 Å². The average Bonchev–Trinajstić information content (AvgIpc) is 3.00. The van der Waals surface area contributed by atoms with E-state index in [1.54, 1.807) is 19.9 Å². The predicted molar refractivity (Wildman–Crippen MR) is 151 cm³/mol. The highest BCUT2D eigenvalue weighted by Crippen LogP contribution is 2.36. The van der Waals surface area contributed by atoms with Crippen molar-refractivity contribution in [3.63, 3.8) is 0 Å². The first kappa shape index (κ1) is 33.4. The Morgan fingerprint density at radius 1 is 0.818 bits per heavy atom. The number of hydrogen-bond donors (Lipinski definition) is 7. The number of methoxy groups -OCH3 is 2. The lowest BCUT2D eigenvalue weighted by atomic mass is 9.91. The first-order valence-electron chi connectivity index (χ1n) is 13.9. The number of aromatic hydroxyl groups is 2. The molecule has 0 amide bonds. The zero-order chi connectivity index (χ0) is 32.3. The molecule has 0 aliphatic carbocycles. The highest BCUT2D eigenvalue weighted by molar-refractivity contribution is 6.10. The van der Waals surface area contributed by atoms with Gasteiger partial charge in [0.2, 0.25) is 6.29 Å². The Kier molecular flexibility index (Phi) is 10.7. The van der Waals surface area contributed by atoms with Gasteiger partial charge >= 0.3 is 0 Å². The van der Waals surface area contributed by atoms with Gasteiger partial charge in [-0.05, 0) is 30.7 Å². The van der Waals surface area contributed by atoms with Gasteiger partial charge in [-0.1, -0.05) is 19.1 Å². The van der Waals surface area contributed by atoms with Gasteiger partial charge in [0.25, 0.3) is 0 Å². The number of hydrogen-bond acceptors (Lipinski definition) is 14. The van der Waals surface area contributed by atoms with Crippen LogP contribution in [0.3, 0.4) is 0 Å². The van der Waals surface area contributed by atoms with Crippen molar-refractivity contribution >= 4 is 11.9 Å². The fraction of sp³-hybridized carbons (Fsp3) is 0.500. The molecule has 2 heterocycles. The molecular weight excluding hydrogens is 584 g/mol. The minimum Gasteiger partial charge on any atom is -0.507 e.